The lowest BCUT2D eigenvalue weighted by Gasteiger charge is -2.18. The number of halogens is 2. The SMILES string of the molecule is CN(C)C=C1C(=O)c2ccc(Cl)cc2C=NC1c1ccccc1Cl. The maximum Gasteiger partial charge on any atom is 0.193 e. The molecule has 5 heteroatoms. The van der Waals surface area contributed by atoms with Crippen molar-refractivity contribution < 1.29 is 4.79 Å². The van der Waals surface area contributed by atoms with Crippen LogP contribution in [0.15, 0.2) is 59.2 Å². The molecule has 0 bridgehead atoms. The minimum absolute atomic E-state index is 0.0715. The van der Waals surface area contributed by atoms with E-state index < -0.39 is 6.04 Å². The topological polar surface area (TPSA) is 32.7 Å². The summed E-state index contributed by atoms with van der Waals surface area (Å²) in [5.74, 6) is -0.0715. The smallest absolute Gasteiger partial charge is 0.193 e. The molecule has 1 aliphatic rings. The molecule has 0 aromatic heterocycles. The molecule has 0 fully saturated rings. The molecule has 0 amide bonds. The van der Waals surface area contributed by atoms with Crippen molar-refractivity contribution in [3.63, 3.8) is 0 Å². The molecular formula is C19H16Cl2N2O. The van der Waals surface area contributed by atoms with Gasteiger partial charge < -0.3 is 4.90 Å². The van der Waals surface area contributed by atoms with Gasteiger partial charge in [-0.2, -0.15) is 0 Å². The number of ketones is 1. The van der Waals surface area contributed by atoms with Crippen LogP contribution in [0.3, 0.4) is 0 Å². The minimum atomic E-state index is -0.459. The van der Waals surface area contributed by atoms with E-state index in [1.807, 2.05) is 37.2 Å². The fourth-order valence-corrected chi connectivity index (χ4v) is 3.13. The van der Waals surface area contributed by atoms with Crippen molar-refractivity contribution in [2.75, 3.05) is 14.1 Å². The molecule has 0 N–H and O–H groups in total. The number of benzene rings is 2. The van der Waals surface area contributed by atoms with E-state index in [0.29, 0.717) is 26.7 Å². The molecule has 2 aromatic carbocycles. The summed E-state index contributed by atoms with van der Waals surface area (Å²) < 4.78 is 0. The lowest BCUT2D eigenvalue weighted by atomic mass is 9.93. The lowest BCUT2D eigenvalue weighted by molar-refractivity contribution is 0.102. The van der Waals surface area contributed by atoms with E-state index in [-0.39, 0.29) is 5.78 Å². The fourth-order valence-electron chi connectivity index (χ4n) is 2.71. The van der Waals surface area contributed by atoms with Crippen LogP contribution in [0.4, 0.5) is 0 Å². The van der Waals surface area contributed by atoms with Crippen LogP contribution >= 0.6 is 23.2 Å². The van der Waals surface area contributed by atoms with Crippen molar-refractivity contribution in [1.29, 1.82) is 0 Å². The Morgan fingerprint density at radius 2 is 1.88 bits per heavy atom. The second kappa shape index (κ2) is 6.80. The van der Waals surface area contributed by atoms with Gasteiger partial charge in [0.15, 0.2) is 5.78 Å². The Balaban J connectivity index is 2.21. The van der Waals surface area contributed by atoms with Crippen LogP contribution in [0.1, 0.15) is 27.5 Å². The van der Waals surface area contributed by atoms with Gasteiger partial charge in [0.2, 0.25) is 0 Å². The molecule has 1 aliphatic heterocycles. The van der Waals surface area contributed by atoms with Gasteiger partial charge in [0.1, 0.15) is 6.04 Å². The van der Waals surface area contributed by atoms with Crippen molar-refractivity contribution in [3.8, 4) is 0 Å². The van der Waals surface area contributed by atoms with Gasteiger partial charge in [-0.1, -0.05) is 41.4 Å². The van der Waals surface area contributed by atoms with Gasteiger partial charge in [0, 0.05) is 53.3 Å². The largest absolute Gasteiger partial charge is 0.383 e. The maximum atomic E-state index is 13.1. The maximum absolute atomic E-state index is 13.1. The molecule has 0 aliphatic carbocycles. The van der Waals surface area contributed by atoms with Crippen molar-refractivity contribution in [3.05, 3.63) is 81.0 Å². The average Bonchev–Trinajstić information content (AvgIpc) is 2.66. The van der Waals surface area contributed by atoms with Crippen LogP contribution in [0.25, 0.3) is 0 Å². The number of carbonyl (C=O) groups is 1. The molecule has 1 unspecified atom stereocenters. The fraction of sp³-hybridized carbons (Fsp3) is 0.158. The van der Waals surface area contributed by atoms with Crippen molar-refractivity contribution in [2.45, 2.75) is 6.04 Å². The third-order valence-corrected chi connectivity index (χ3v) is 4.35. The molecule has 2 aromatic rings. The van der Waals surface area contributed by atoms with Gasteiger partial charge in [0.25, 0.3) is 0 Å². The van der Waals surface area contributed by atoms with Gasteiger partial charge in [-0.3, -0.25) is 9.79 Å². The number of nitrogens with zero attached hydrogens (tertiary/aromatic N) is 2. The highest BCUT2D eigenvalue weighted by atomic mass is 35.5. The predicted octanol–water partition coefficient (Wildman–Crippen LogP) is 4.80. The zero-order valence-electron chi connectivity index (χ0n) is 13.3. The van der Waals surface area contributed by atoms with Crippen molar-refractivity contribution >= 4 is 35.2 Å². The molecule has 0 radical (unpaired) electrons. The van der Waals surface area contributed by atoms with Crippen LogP contribution in [0, 0.1) is 0 Å². The lowest BCUT2D eigenvalue weighted by Crippen LogP contribution is -2.15. The third kappa shape index (κ3) is 3.23. The summed E-state index contributed by atoms with van der Waals surface area (Å²) in [5, 5.41) is 1.16. The molecule has 0 spiro atoms. The van der Waals surface area contributed by atoms with Crippen LogP contribution in [-0.4, -0.2) is 31.0 Å². The number of Topliss-reactive ketones (excluding diaryl/α,β-unsaturated/α-hetero) is 1. The highest BCUT2D eigenvalue weighted by Gasteiger charge is 2.28. The summed E-state index contributed by atoms with van der Waals surface area (Å²) in [6, 6.07) is 12.2. The van der Waals surface area contributed by atoms with Crippen molar-refractivity contribution in [1.82, 2.24) is 4.90 Å². The third-order valence-electron chi connectivity index (χ3n) is 3.77. The molecule has 0 saturated heterocycles. The zero-order chi connectivity index (χ0) is 17.3. The Hall–Kier alpha value is -2.10. The summed E-state index contributed by atoms with van der Waals surface area (Å²) in [5.41, 5.74) is 2.68. The van der Waals surface area contributed by atoms with E-state index in [0.717, 1.165) is 5.56 Å². The molecule has 3 rings (SSSR count). The predicted molar refractivity (Wildman–Crippen MR) is 99.3 cm³/mol. The highest BCUT2D eigenvalue weighted by Crippen LogP contribution is 2.35. The summed E-state index contributed by atoms with van der Waals surface area (Å²) in [4.78, 5) is 19.6. The van der Waals surface area contributed by atoms with E-state index in [1.165, 1.54) is 0 Å². The van der Waals surface area contributed by atoms with Gasteiger partial charge in [-0.05, 0) is 29.8 Å². The summed E-state index contributed by atoms with van der Waals surface area (Å²) >= 11 is 12.4. The van der Waals surface area contributed by atoms with E-state index in [2.05, 4.69) is 4.99 Å². The number of rotatable bonds is 2. The standard InChI is InChI=1S/C19H16Cl2N2O/c1-23(2)11-16-18(15-5-3-4-6-17(15)21)22-10-12-9-13(20)7-8-14(12)19(16)24/h3-11,18H,1-2H3. The van der Waals surface area contributed by atoms with E-state index >= 15 is 0 Å². The molecule has 3 nitrogen and oxygen atoms in total. The molecule has 1 heterocycles. The monoisotopic (exact) mass is 358 g/mol. The minimum Gasteiger partial charge on any atom is -0.383 e. The first-order valence-electron chi connectivity index (χ1n) is 7.47. The second-order valence-corrected chi connectivity index (χ2v) is 6.65. The van der Waals surface area contributed by atoms with Gasteiger partial charge in [0.05, 0.1) is 0 Å². The number of fused-ring (bicyclic) bond motifs is 1. The van der Waals surface area contributed by atoms with Gasteiger partial charge in [-0.15, -0.1) is 0 Å². The highest BCUT2D eigenvalue weighted by molar-refractivity contribution is 6.32. The quantitative estimate of drug-likeness (QED) is 0.722. The van der Waals surface area contributed by atoms with Crippen LogP contribution in [0.2, 0.25) is 10.0 Å². The summed E-state index contributed by atoms with van der Waals surface area (Å²) in [7, 11) is 3.75. The van der Waals surface area contributed by atoms with Gasteiger partial charge in [-0.25, -0.2) is 0 Å². The van der Waals surface area contributed by atoms with Crippen LogP contribution in [0.5, 0.6) is 0 Å². The normalized spacial score (nSPS) is 18.4. The Morgan fingerprint density at radius 1 is 1.12 bits per heavy atom. The summed E-state index contributed by atoms with van der Waals surface area (Å²) in [6.45, 7) is 0. The number of carbonyl (C=O) groups excluding carboxylic acids is 1. The Morgan fingerprint density at radius 3 is 2.58 bits per heavy atom. The average molecular weight is 359 g/mol. The van der Waals surface area contributed by atoms with Crippen LogP contribution in [-0.2, 0) is 0 Å². The first kappa shape index (κ1) is 16.7. The van der Waals surface area contributed by atoms with Crippen molar-refractivity contribution in [2.24, 2.45) is 4.99 Å². The zero-order valence-corrected chi connectivity index (χ0v) is 14.8. The second-order valence-electron chi connectivity index (χ2n) is 5.81. The van der Waals surface area contributed by atoms with Gasteiger partial charge >= 0.3 is 0 Å². The van der Waals surface area contributed by atoms with E-state index in [4.69, 9.17) is 23.2 Å². The molecule has 1 atom stereocenters. The molecule has 24 heavy (non-hydrogen) atoms. The Labute approximate surface area is 151 Å². The molecule has 122 valence electrons. The molecule has 0 saturated carbocycles. The van der Waals surface area contributed by atoms with E-state index in [9.17, 15) is 4.79 Å². The van der Waals surface area contributed by atoms with Crippen LogP contribution < -0.4 is 0 Å². The number of hydrogen-bond acceptors (Lipinski definition) is 3. The Kier molecular flexibility index (Phi) is 4.74. The summed E-state index contributed by atoms with van der Waals surface area (Å²) in [6.07, 6.45) is 3.50. The van der Waals surface area contributed by atoms with E-state index in [1.54, 1.807) is 36.7 Å². The molecular weight excluding hydrogens is 343 g/mol. The number of hydrogen-bond donors (Lipinski definition) is 0. The number of aliphatic imine (C=N–C) groups is 1. The Bertz CT molecular complexity index is 856. The first-order chi connectivity index (χ1) is 11.5. The first-order valence-corrected chi connectivity index (χ1v) is 8.23.